The highest BCUT2D eigenvalue weighted by Crippen LogP contribution is 2.38. The number of amides is 1. The largest absolute Gasteiger partial charge is 0.503 e. The van der Waals surface area contributed by atoms with Gasteiger partial charge in [0, 0.05) is 26.2 Å². The van der Waals surface area contributed by atoms with Crippen LogP contribution in [0.2, 0.25) is 0 Å². The summed E-state index contributed by atoms with van der Waals surface area (Å²) in [6, 6.07) is 9.91. The fourth-order valence-corrected chi connectivity index (χ4v) is 4.00. The number of benzene rings is 1. The number of ether oxygens (including phenoxy) is 2. The van der Waals surface area contributed by atoms with Gasteiger partial charge in [-0.15, -0.1) is 0 Å². The van der Waals surface area contributed by atoms with Crippen LogP contribution in [0.3, 0.4) is 0 Å². The van der Waals surface area contributed by atoms with E-state index in [9.17, 15) is 14.7 Å². The fraction of sp³-hybridized carbons (Fsp3) is 0.333. The van der Waals surface area contributed by atoms with Crippen LogP contribution in [-0.4, -0.2) is 73.1 Å². The van der Waals surface area contributed by atoms with E-state index in [2.05, 4.69) is 4.90 Å². The van der Waals surface area contributed by atoms with Gasteiger partial charge in [0.1, 0.15) is 11.5 Å². The molecule has 4 rings (SSSR count). The van der Waals surface area contributed by atoms with Gasteiger partial charge in [-0.25, -0.2) is 0 Å². The predicted molar refractivity (Wildman–Crippen MR) is 117 cm³/mol. The summed E-state index contributed by atoms with van der Waals surface area (Å²) in [5.41, 5.74) is 0.742. The second-order valence-corrected chi connectivity index (χ2v) is 7.61. The molecule has 0 radical (unpaired) electrons. The van der Waals surface area contributed by atoms with Crippen molar-refractivity contribution in [1.82, 2.24) is 9.80 Å². The molecule has 8 nitrogen and oxygen atoms in total. The topological polar surface area (TPSA) is 92.5 Å². The molecule has 32 heavy (non-hydrogen) atoms. The first-order chi connectivity index (χ1) is 15.6. The van der Waals surface area contributed by atoms with Crippen molar-refractivity contribution >= 4 is 17.8 Å². The third kappa shape index (κ3) is 4.61. The molecule has 1 amide bonds. The van der Waals surface area contributed by atoms with E-state index in [1.165, 1.54) is 18.4 Å². The van der Waals surface area contributed by atoms with Crippen LogP contribution >= 0.6 is 0 Å². The molecule has 1 saturated heterocycles. The summed E-state index contributed by atoms with van der Waals surface area (Å²) in [5.74, 6) is -0.416. The van der Waals surface area contributed by atoms with Gasteiger partial charge < -0.3 is 23.9 Å². The van der Waals surface area contributed by atoms with Crippen LogP contribution in [0.15, 0.2) is 64.5 Å². The minimum atomic E-state index is -0.715. The number of nitrogens with zero attached hydrogens (tertiary/aromatic N) is 2. The normalized spacial score (nSPS) is 19.8. The molecule has 0 saturated carbocycles. The average molecular weight is 438 g/mol. The van der Waals surface area contributed by atoms with Crippen molar-refractivity contribution < 1.29 is 28.6 Å². The van der Waals surface area contributed by atoms with E-state index in [1.54, 1.807) is 42.3 Å². The smallest absolute Gasteiger partial charge is 0.290 e. The lowest BCUT2D eigenvalue weighted by atomic mass is 9.95. The van der Waals surface area contributed by atoms with E-state index < -0.39 is 23.5 Å². The molecular formula is C24H26N2O6. The van der Waals surface area contributed by atoms with Gasteiger partial charge in [-0.2, -0.15) is 0 Å². The van der Waals surface area contributed by atoms with E-state index in [-0.39, 0.29) is 5.57 Å². The molecule has 2 aliphatic rings. The first-order valence-electron chi connectivity index (χ1n) is 10.5. The van der Waals surface area contributed by atoms with Gasteiger partial charge in [-0.3, -0.25) is 14.5 Å². The monoisotopic (exact) mass is 438 g/mol. The van der Waals surface area contributed by atoms with Crippen molar-refractivity contribution in [3.63, 3.8) is 0 Å². The lowest BCUT2D eigenvalue weighted by molar-refractivity contribution is -0.129. The number of aliphatic hydroxyl groups excluding tert-OH is 1. The number of methoxy groups -OCH3 is 1. The maximum absolute atomic E-state index is 13.1. The third-order valence-electron chi connectivity index (χ3n) is 5.68. The second kappa shape index (κ2) is 9.84. The molecule has 1 unspecified atom stereocenters. The van der Waals surface area contributed by atoms with Gasteiger partial charge >= 0.3 is 0 Å². The summed E-state index contributed by atoms with van der Waals surface area (Å²) in [7, 11) is 1.56. The molecule has 1 atom stereocenters. The van der Waals surface area contributed by atoms with Gasteiger partial charge in [0.05, 0.1) is 38.2 Å². The Kier molecular flexibility index (Phi) is 6.72. The lowest BCUT2D eigenvalue weighted by Gasteiger charge is -2.31. The summed E-state index contributed by atoms with van der Waals surface area (Å²) in [4.78, 5) is 29.9. The quantitative estimate of drug-likeness (QED) is 0.634. The first-order valence-corrected chi connectivity index (χ1v) is 10.5. The summed E-state index contributed by atoms with van der Waals surface area (Å²) in [6.45, 7) is 3.85. The fourth-order valence-electron chi connectivity index (χ4n) is 4.00. The molecule has 0 spiro atoms. The number of ketones is 1. The van der Waals surface area contributed by atoms with Crippen molar-refractivity contribution in [2.75, 3.05) is 46.5 Å². The van der Waals surface area contributed by atoms with Crippen molar-refractivity contribution in [2.45, 2.75) is 6.04 Å². The Hall–Kier alpha value is -3.36. The first kappa shape index (κ1) is 21.9. The number of rotatable bonds is 8. The number of aliphatic hydroxyl groups is 1. The number of carbonyl (C=O) groups is 2. The third-order valence-corrected chi connectivity index (χ3v) is 5.68. The van der Waals surface area contributed by atoms with Gasteiger partial charge in [0.25, 0.3) is 5.91 Å². The number of hydrogen-bond donors (Lipinski definition) is 1. The van der Waals surface area contributed by atoms with Crippen molar-refractivity contribution in [2.24, 2.45) is 0 Å². The molecule has 2 aliphatic heterocycles. The zero-order valence-corrected chi connectivity index (χ0v) is 17.9. The van der Waals surface area contributed by atoms with Crippen LogP contribution in [0.1, 0.15) is 17.4 Å². The van der Waals surface area contributed by atoms with E-state index >= 15 is 0 Å². The van der Waals surface area contributed by atoms with Gasteiger partial charge in [0.15, 0.2) is 11.5 Å². The summed E-state index contributed by atoms with van der Waals surface area (Å²) in [6.07, 6.45) is 4.34. The van der Waals surface area contributed by atoms with E-state index in [0.717, 1.165) is 13.1 Å². The molecule has 3 heterocycles. The Balaban J connectivity index is 1.64. The SMILES string of the molecule is COc1cccc(C2C(C(=O)C=Cc3ccco3)=C(O)C(=O)N2CCN2CCOCC2)c1. The summed E-state index contributed by atoms with van der Waals surface area (Å²) < 4.78 is 16.0. The van der Waals surface area contributed by atoms with Crippen LogP contribution in [0, 0.1) is 0 Å². The number of hydrogen-bond acceptors (Lipinski definition) is 7. The summed E-state index contributed by atoms with van der Waals surface area (Å²) in [5, 5.41) is 10.7. The molecule has 168 valence electrons. The number of allylic oxidation sites excluding steroid dienone is 1. The van der Waals surface area contributed by atoms with Crippen molar-refractivity contribution in [3.8, 4) is 5.75 Å². The Morgan fingerprint density at radius 1 is 1.22 bits per heavy atom. The predicted octanol–water partition coefficient (Wildman–Crippen LogP) is 2.60. The Morgan fingerprint density at radius 3 is 2.75 bits per heavy atom. The molecule has 2 aromatic rings. The average Bonchev–Trinajstić information content (AvgIpc) is 3.44. The van der Waals surface area contributed by atoms with Crippen molar-refractivity contribution in [3.05, 3.63) is 71.4 Å². The molecule has 1 N–H and O–H groups in total. The highest BCUT2D eigenvalue weighted by molar-refractivity contribution is 6.14. The van der Waals surface area contributed by atoms with E-state index in [4.69, 9.17) is 13.9 Å². The molecule has 1 aromatic carbocycles. The lowest BCUT2D eigenvalue weighted by Crippen LogP contribution is -2.43. The molecular weight excluding hydrogens is 412 g/mol. The Morgan fingerprint density at radius 2 is 2.03 bits per heavy atom. The maximum atomic E-state index is 13.1. The van der Waals surface area contributed by atoms with Crippen LogP contribution in [0.4, 0.5) is 0 Å². The number of furan rings is 1. The highest BCUT2D eigenvalue weighted by Gasteiger charge is 2.43. The Bertz CT molecular complexity index is 1020. The van der Waals surface area contributed by atoms with Gasteiger partial charge in [0.2, 0.25) is 0 Å². The van der Waals surface area contributed by atoms with Crippen molar-refractivity contribution in [1.29, 1.82) is 0 Å². The van der Waals surface area contributed by atoms with Gasteiger partial charge in [-0.05, 0) is 42.0 Å². The van der Waals surface area contributed by atoms with Crippen LogP contribution in [0.25, 0.3) is 6.08 Å². The maximum Gasteiger partial charge on any atom is 0.290 e. The molecule has 8 heteroatoms. The Labute approximate surface area is 186 Å². The minimum absolute atomic E-state index is 0.0491. The zero-order chi connectivity index (χ0) is 22.5. The minimum Gasteiger partial charge on any atom is -0.503 e. The molecule has 0 bridgehead atoms. The van der Waals surface area contributed by atoms with Crippen LogP contribution < -0.4 is 4.74 Å². The second-order valence-electron chi connectivity index (χ2n) is 7.61. The summed E-state index contributed by atoms with van der Waals surface area (Å²) >= 11 is 0. The highest BCUT2D eigenvalue weighted by atomic mass is 16.5. The van der Waals surface area contributed by atoms with E-state index in [1.807, 2.05) is 6.07 Å². The van der Waals surface area contributed by atoms with E-state index in [0.29, 0.717) is 43.4 Å². The molecule has 1 aromatic heterocycles. The zero-order valence-electron chi connectivity index (χ0n) is 17.9. The number of carbonyl (C=O) groups excluding carboxylic acids is 2. The number of morpholine rings is 1. The van der Waals surface area contributed by atoms with Crippen LogP contribution in [-0.2, 0) is 14.3 Å². The van der Waals surface area contributed by atoms with Gasteiger partial charge in [-0.1, -0.05) is 12.1 Å². The standard InChI is InChI=1S/C24H26N2O6/c1-30-19-5-2-4-17(16-19)22-21(20(27)8-7-18-6-3-13-32-18)23(28)24(29)26(22)10-9-25-11-14-31-15-12-25/h2-8,13,16,22,28H,9-12,14-15H2,1H3. The van der Waals surface area contributed by atoms with Crippen LogP contribution in [0.5, 0.6) is 5.75 Å². The molecule has 0 aliphatic carbocycles. The molecule has 1 fully saturated rings.